The van der Waals surface area contributed by atoms with Crippen molar-refractivity contribution in [2.75, 3.05) is 6.54 Å². The van der Waals surface area contributed by atoms with E-state index in [1.54, 1.807) is 18.2 Å². The highest BCUT2D eigenvalue weighted by molar-refractivity contribution is 5.94. The summed E-state index contributed by atoms with van der Waals surface area (Å²) in [6.07, 6.45) is 1.24. The molecule has 1 N–H and O–H groups in total. The third-order valence-electron chi connectivity index (χ3n) is 2.91. The minimum Gasteiger partial charge on any atom is -0.481 e. The molecule has 5 nitrogen and oxygen atoms in total. The van der Waals surface area contributed by atoms with E-state index >= 15 is 0 Å². The van der Waals surface area contributed by atoms with Crippen LogP contribution in [0.5, 0.6) is 0 Å². The number of carbonyl (C=O) groups excluding carboxylic acids is 1. The third kappa shape index (κ3) is 3.92. The molecule has 1 amide bonds. The van der Waals surface area contributed by atoms with Crippen LogP contribution in [0.3, 0.4) is 0 Å². The molecule has 1 aromatic carbocycles. The maximum absolute atomic E-state index is 13.7. The molecule has 0 spiro atoms. The number of amides is 1. The molecule has 0 aliphatic heterocycles. The summed E-state index contributed by atoms with van der Waals surface area (Å²) in [6, 6.07) is 8.93. The average molecular weight is 291 g/mol. The Balaban J connectivity index is 2.19. The van der Waals surface area contributed by atoms with Gasteiger partial charge in [0, 0.05) is 6.54 Å². The summed E-state index contributed by atoms with van der Waals surface area (Å²) in [5.74, 6) is -1.72. The molecule has 0 fully saturated rings. The number of hydrogen-bond acceptors (Lipinski definition) is 3. The van der Waals surface area contributed by atoms with Crippen LogP contribution in [0.2, 0.25) is 0 Å². The molecular weight excluding hydrogens is 277 g/mol. The highest BCUT2D eigenvalue weighted by atomic mass is 19.1. The van der Waals surface area contributed by atoms with E-state index in [1.807, 2.05) is 0 Å². The smallest absolute Gasteiger partial charge is 0.305 e. The number of furan rings is 1. The van der Waals surface area contributed by atoms with Gasteiger partial charge in [-0.3, -0.25) is 9.59 Å². The first-order valence-corrected chi connectivity index (χ1v) is 6.36. The van der Waals surface area contributed by atoms with Gasteiger partial charge in [-0.25, -0.2) is 4.39 Å². The van der Waals surface area contributed by atoms with Crippen molar-refractivity contribution in [3.63, 3.8) is 0 Å². The van der Waals surface area contributed by atoms with Gasteiger partial charge < -0.3 is 14.4 Å². The van der Waals surface area contributed by atoms with Crippen molar-refractivity contribution in [3.05, 3.63) is 59.8 Å². The van der Waals surface area contributed by atoms with Gasteiger partial charge in [-0.05, 0) is 24.3 Å². The Hall–Kier alpha value is -2.63. The van der Waals surface area contributed by atoms with Gasteiger partial charge in [-0.15, -0.1) is 0 Å². The van der Waals surface area contributed by atoms with Crippen LogP contribution in [0, 0.1) is 5.82 Å². The number of rotatable bonds is 6. The zero-order valence-corrected chi connectivity index (χ0v) is 11.2. The highest BCUT2D eigenvalue weighted by Gasteiger charge is 2.20. The Labute approximate surface area is 120 Å². The SMILES string of the molecule is O=C(O)CCN(Cc1ccco1)C(=O)c1ccccc1F. The van der Waals surface area contributed by atoms with Crippen molar-refractivity contribution < 1.29 is 23.5 Å². The third-order valence-corrected chi connectivity index (χ3v) is 2.91. The number of aliphatic carboxylic acids is 1. The minimum absolute atomic E-state index is 0.0246. The number of hydrogen-bond donors (Lipinski definition) is 1. The van der Waals surface area contributed by atoms with Gasteiger partial charge in [0.1, 0.15) is 11.6 Å². The van der Waals surface area contributed by atoms with Crippen LogP contribution in [-0.4, -0.2) is 28.4 Å². The molecule has 0 radical (unpaired) electrons. The van der Waals surface area contributed by atoms with Gasteiger partial charge in [0.15, 0.2) is 0 Å². The quantitative estimate of drug-likeness (QED) is 0.887. The first-order chi connectivity index (χ1) is 10.1. The number of carboxylic acid groups (broad SMARTS) is 1. The van der Waals surface area contributed by atoms with Crippen molar-refractivity contribution >= 4 is 11.9 Å². The van der Waals surface area contributed by atoms with Crippen LogP contribution in [0.15, 0.2) is 47.1 Å². The lowest BCUT2D eigenvalue weighted by molar-refractivity contribution is -0.137. The Bertz CT molecular complexity index is 624. The van der Waals surface area contributed by atoms with Crippen molar-refractivity contribution in [2.45, 2.75) is 13.0 Å². The number of nitrogens with zero attached hydrogens (tertiary/aromatic N) is 1. The van der Waals surface area contributed by atoms with E-state index in [1.165, 1.54) is 29.4 Å². The number of halogens is 1. The summed E-state index contributed by atoms with van der Waals surface area (Å²) in [4.78, 5) is 24.3. The maximum atomic E-state index is 13.7. The Morgan fingerprint density at radius 3 is 2.57 bits per heavy atom. The molecule has 110 valence electrons. The van der Waals surface area contributed by atoms with Crippen LogP contribution in [0.4, 0.5) is 4.39 Å². The normalized spacial score (nSPS) is 10.3. The molecule has 0 atom stereocenters. The van der Waals surface area contributed by atoms with Crippen LogP contribution in [0.25, 0.3) is 0 Å². The van der Waals surface area contributed by atoms with E-state index in [2.05, 4.69) is 0 Å². The first-order valence-electron chi connectivity index (χ1n) is 6.36. The molecule has 0 aliphatic carbocycles. The molecule has 2 aromatic rings. The fraction of sp³-hybridized carbons (Fsp3) is 0.200. The summed E-state index contributed by atoms with van der Waals surface area (Å²) in [5.41, 5.74) is -0.0885. The maximum Gasteiger partial charge on any atom is 0.305 e. The lowest BCUT2D eigenvalue weighted by atomic mass is 10.1. The van der Waals surface area contributed by atoms with Crippen LogP contribution in [0.1, 0.15) is 22.5 Å². The molecular formula is C15H14FNO4. The van der Waals surface area contributed by atoms with Crippen LogP contribution < -0.4 is 0 Å². The zero-order chi connectivity index (χ0) is 15.2. The fourth-order valence-corrected chi connectivity index (χ4v) is 1.88. The Kier molecular flexibility index (Phi) is 4.71. The van der Waals surface area contributed by atoms with Crippen molar-refractivity contribution in [2.24, 2.45) is 0 Å². The number of benzene rings is 1. The molecule has 0 saturated carbocycles. The minimum atomic E-state index is -1.03. The first kappa shape index (κ1) is 14.8. The zero-order valence-electron chi connectivity index (χ0n) is 11.2. The Morgan fingerprint density at radius 2 is 1.95 bits per heavy atom. The Morgan fingerprint density at radius 1 is 1.19 bits per heavy atom. The van der Waals surface area contributed by atoms with Crippen molar-refractivity contribution in [1.29, 1.82) is 0 Å². The molecule has 0 aliphatic rings. The van der Waals surface area contributed by atoms with Crippen molar-refractivity contribution in [1.82, 2.24) is 4.90 Å². The summed E-state index contributed by atoms with van der Waals surface area (Å²) in [7, 11) is 0. The monoisotopic (exact) mass is 291 g/mol. The van der Waals surface area contributed by atoms with E-state index in [9.17, 15) is 14.0 Å². The summed E-state index contributed by atoms with van der Waals surface area (Å²) >= 11 is 0. The standard InChI is InChI=1S/C15H14FNO4/c16-13-6-2-1-5-12(13)15(20)17(8-7-14(18)19)10-11-4-3-9-21-11/h1-6,9H,7-8,10H2,(H,18,19). The molecule has 0 unspecified atom stereocenters. The molecule has 1 heterocycles. The largest absolute Gasteiger partial charge is 0.481 e. The highest BCUT2D eigenvalue weighted by Crippen LogP contribution is 2.14. The summed E-state index contributed by atoms with van der Waals surface area (Å²) in [6.45, 7) is 0.0661. The van der Waals surface area contributed by atoms with Crippen molar-refractivity contribution in [3.8, 4) is 0 Å². The molecule has 6 heteroatoms. The van der Waals surface area contributed by atoms with Gasteiger partial charge in [0.25, 0.3) is 5.91 Å². The number of carbonyl (C=O) groups is 2. The second kappa shape index (κ2) is 6.69. The average Bonchev–Trinajstić information content (AvgIpc) is 2.96. The predicted octanol–water partition coefficient (Wildman–Crippen LogP) is 2.54. The second-order valence-corrected chi connectivity index (χ2v) is 4.43. The van der Waals surface area contributed by atoms with Gasteiger partial charge in [0.05, 0.1) is 24.8 Å². The molecule has 0 bridgehead atoms. The number of carboxylic acids is 1. The van der Waals surface area contributed by atoms with Crippen LogP contribution >= 0.6 is 0 Å². The summed E-state index contributed by atoms with van der Waals surface area (Å²) in [5, 5.41) is 8.76. The van der Waals surface area contributed by atoms with E-state index < -0.39 is 17.7 Å². The van der Waals surface area contributed by atoms with Gasteiger partial charge >= 0.3 is 5.97 Å². The molecule has 0 saturated heterocycles. The van der Waals surface area contributed by atoms with Gasteiger partial charge in [-0.1, -0.05) is 12.1 Å². The van der Waals surface area contributed by atoms with E-state index in [4.69, 9.17) is 9.52 Å². The summed E-state index contributed by atoms with van der Waals surface area (Å²) < 4.78 is 18.8. The van der Waals surface area contributed by atoms with E-state index in [-0.39, 0.29) is 25.1 Å². The van der Waals surface area contributed by atoms with E-state index in [0.717, 1.165) is 0 Å². The van der Waals surface area contributed by atoms with Gasteiger partial charge in [-0.2, -0.15) is 0 Å². The predicted molar refractivity (Wildman–Crippen MR) is 72.1 cm³/mol. The van der Waals surface area contributed by atoms with Gasteiger partial charge in [0.2, 0.25) is 0 Å². The lowest BCUT2D eigenvalue weighted by Crippen LogP contribution is -2.33. The molecule has 1 aromatic heterocycles. The van der Waals surface area contributed by atoms with Crippen LogP contribution in [-0.2, 0) is 11.3 Å². The topological polar surface area (TPSA) is 70.8 Å². The lowest BCUT2D eigenvalue weighted by Gasteiger charge is -2.21. The second-order valence-electron chi connectivity index (χ2n) is 4.43. The fourth-order valence-electron chi connectivity index (χ4n) is 1.88. The molecule has 21 heavy (non-hydrogen) atoms. The van der Waals surface area contributed by atoms with E-state index in [0.29, 0.717) is 5.76 Å². The molecule has 2 rings (SSSR count).